The number of pyridine rings is 1. The maximum atomic E-state index is 5.21. The average molecular weight is 262 g/mol. The zero-order valence-corrected chi connectivity index (χ0v) is 12.5. The normalized spacial score (nSPS) is 18.4. The SMILES string of the molecule is CCCN(CCC)[C@@H]1CCc2nc(OC)ccc2C1. The Bertz CT molecular complexity index is 400. The minimum Gasteiger partial charge on any atom is -0.481 e. The van der Waals surface area contributed by atoms with Gasteiger partial charge in [-0.2, -0.15) is 0 Å². The van der Waals surface area contributed by atoms with Crippen molar-refractivity contribution in [3.63, 3.8) is 0 Å². The van der Waals surface area contributed by atoms with Gasteiger partial charge >= 0.3 is 0 Å². The van der Waals surface area contributed by atoms with Gasteiger partial charge < -0.3 is 9.64 Å². The van der Waals surface area contributed by atoms with Crippen LogP contribution in [0.4, 0.5) is 0 Å². The van der Waals surface area contributed by atoms with Crippen LogP contribution in [0.2, 0.25) is 0 Å². The maximum Gasteiger partial charge on any atom is 0.213 e. The van der Waals surface area contributed by atoms with Crippen molar-refractivity contribution < 1.29 is 4.74 Å². The van der Waals surface area contributed by atoms with Gasteiger partial charge in [0.05, 0.1) is 7.11 Å². The summed E-state index contributed by atoms with van der Waals surface area (Å²) in [5.74, 6) is 0.746. The van der Waals surface area contributed by atoms with Gasteiger partial charge in [-0.15, -0.1) is 0 Å². The molecule has 0 spiro atoms. The number of hydrogen-bond acceptors (Lipinski definition) is 3. The molecular weight excluding hydrogens is 236 g/mol. The number of rotatable bonds is 6. The van der Waals surface area contributed by atoms with Gasteiger partial charge in [-0.05, 0) is 50.8 Å². The molecule has 1 aliphatic carbocycles. The Balaban J connectivity index is 2.08. The van der Waals surface area contributed by atoms with Crippen LogP contribution in [0.25, 0.3) is 0 Å². The van der Waals surface area contributed by atoms with Crippen molar-refractivity contribution in [3.8, 4) is 5.88 Å². The Kier molecular flexibility index (Phi) is 5.20. The molecule has 0 bridgehead atoms. The third kappa shape index (κ3) is 3.47. The van der Waals surface area contributed by atoms with Crippen molar-refractivity contribution in [2.75, 3.05) is 20.2 Å². The van der Waals surface area contributed by atoms with E-state index in [2.05, 4.69) is 29.8 Å². The van der Waals surface area contributed by atoms with Gasteiger partial charge in [0.15, 0.2) is 0 Å². The number of ether oxygens (including phenoxy) is 1. The second kappa shape index (κ2) is 6.90. The zero-order valence-electron chi connectivity index (χ0n) is 12.5. The van der Waals surface area contributed by atoms with E-state index < -0.39 is 0 Å². The number of methoxy groups -OCH3 is 1. The van der Waals surface area contributed by atoms with Crippen LogP contribution in [0.5, 0.6) is 5.88 Å². The van der Waals surface area contributed by atoms with E-state index in [1.54, 1.807) is 7.11 Å². The van der Waals surface area contributed by atoms with Gasteiger partial charge in [0, 0.05) is 17.8 Å². The third-order valence-electron chi connectivity index (χ3n) is 3.96. The first-order valence-corrected chi connectivity index (χ1v) is 7.55. The maximum absolute atomic E-state index is 5.21. The molecule has 3 nitrogen and oxygen atoms in total. The molecule has 0 amide bonds. The quantitative estimate of drug-likeness (QED) is 0.788. The Morgan fingerprint density at radius 2 is 2.00 bits per heavy atom. The van der Waals surface area contributed by atoms with Crippen molar-refractivity contribution in [3.05, 3.63) is 23.4 Å². The second-order valence-corrected chi connectivity index (χ2v) is 5.39. The number of hydrogen-bond donors (Lipinski definition) is 0. The molecule has 106 valence electrons. The largest absolute Gasteiger partial charge is 0.481 e. The predicted octanol–water partition coefficient (Wildman–Crippen LogP) is 3.07. The van der Waals surface area contributed by atoms with Crippen molar-refractivity contribution in [1.29, 1.82) is 0 Å². The zero-order chi connectivity index (χ0) is 13.7. The lowest BCUT2D eigenvalue weighted by atomic mass is 9.90. The van der Waals surface area contributed by atoms with Gasteiger partial charge in [-0.3, -0.25) is 0 Å². The molecule has 0 N–H and O–H groups in total. The molecule has 0 saturated carbocycles. The highest BCUT2D eigenvalue weighted by molar-refractivity contribution is 5.29. The van der Waals surface area contributed by atoms with Crippen LogP contribution in [0, 0.1) is 0 Å². The Morgan fingerprint density at radius 3 is 2.63 bits per heavy atom. The fourth-order valence-electron chi connectivity index (χ4n) is 3.05. The molecule has 1 aromatic rings. The lowest BCUT2D eigenvalue weighted by Crippen LogP contribution is -2.40. The first-order valence-electron chi connectivity index (χ1n) is 7.55. The molecule has 2 rings (SSSR count). The molecule has 1 atom stereocenters. The summed E-state index contributed by atoms with van der Waals surface area (Å²) in [6.45, 7) is 6.98. The van der Waals surface area contributed by atoms with E-state index in [1.807, 2.05) is 6.07 Å². The third-order valence-corrected chi connectivity index (χ3v) is 3.96. The standard InChI is InChI=1S/C16H26N2O/c1-4-10-18(11-5-2)14-7-8-15-13(12-14)6-9-16(17-15)19-3/h6,9,14H,4-5,7-8,10-12H2,1-3H3/t14-/m1/s1. The minimum absolute atomic E-state index is 0.697. The van der Waals surface area contributed by atoms with Gasteiger partial charge in [-0.1, -0.05) is 19.9 Å². The summed E-state index contributed by atoms with van der Waals surface area (Å²) >= 11 is 0. The Hall–Kier alpha value is -1.09. The van der Waals surface area contributed by atoms with Crippen molar-refractivity contribution in [1.82, 2.24) is 9.88 Å². The van der Waals surface area contributed by atoms with E-state index in [4.69, 9.17) is 4.74 Å². The van der Waals surface area contributed by atoms with Crippen molar-refractivity contribution in [2.24, 2.45) is 0 Å². The van der Waals surface area contributed by atoms with Crippen LogP contribution >= 0.6 is 0 Å². The molecule has 0 unspecified atom stereocenters. The molecule has 0 aromatic carbocycles. The fourth-order valence-corrected chi connectivity index (χ4v) is 3.05. The van der Waals surface area contributed by atoms with E-state index in [9.17, 15) is 0 Å². The van der Waals surface area contributed by atoms with Crippen LogP contribution in [-0.2, 0) is 12.8 Å². The molecule has 1 aromatic heterocycles. The number of fused-ring (bicyclic) bond motifs is 1. The summed E-state index contributed by atoms with van der Waals surface area (Å²) in [6.07, 6.45) is 5.94. The summed E-state index contributed by atoms with van der Waals surface area (Å²) < 4.78 is 5.21. The molecule has 1 heterocycles. The number of aromatic nitrogens is 1. The molecular formula is C16H26N2O. The molecule has 19 heavy (non-hydrogen) atoms. The van der Waals surface area contributed by atoms with Crippen LogP contribution in [0.3, 0.4) is 0 Å². The van der Waals surface area contributed by atoms with E-state index in [0.29, 0.717) is 6.04 Å². The molecule has 1 aliphatic rings. The summed E-state index contributed by atoms with van der Waals surface area (Å²) in [6, 6.07) is 4.89. The molecule has 0 aliphatic heterocycles. The Morgan fingerprint density at radius 1 is 1.26 bits per heavy atom. The summed E-state index contributed by atoms with van der Waals surface area (Å²) in [5.41, 5.74) is 2.65. The van der Waals surface area contributed by atoms with Crippen molar-refractivity contribution >= 4 is 0 Å². The van der Waals surface area contributed by atoms with Gasteiger partial charge in [0.1, 0.15) is 0 Å². The van der Waals surface area contributed by atoms with E-state index >= 15 is 0 Å². The van der Waals surface area contributed by atoms with Crippen LogP contribution in [0.15, 0.2) is 12.1 Å². The van der Waals surface area contributed by atoms with Gasteiger partial charge in [0.2, 0.25) is 5.88 Å². The topological polar surface area (TPSA) is 25.4 Å². The summed E-state index contributed by atoms with van der Waals surface area (Å²) in [5, 5.41) is 0. The molecule has 0 radical (unpaired) electrons. The predicted molar refractivity (Wildman–Crippen MR) is 78.8 cm³/mol. The Labute approximate surface area is 117 Å². The minimum atomic E-state index is 0.697. The van der Waals surface area contributed by atoms with E-state index in [1.165, 1.54) is 43.6 Å². The van der Waals surface area contributed by atoms with Gasteiger partial charge in [-0.25, -0.2) is 4.98 Å². The number of aryl methyl sites for hydroxylation is 1. The fraction of sp³-hybridized carbons (Fsp3) is 0.688. The van der Waals surface area contributed by atoms with Crippen LogP contribution in [-0.4, -0.2) is 36.1 Å². The van der Waals surface area contributed by atoms with E-state index in [0.717, 1.165) is 18.7 Å². The lowest BCUT2D eigenvalue weighted by molar-refractivity contribution is 0.179. The summed E-state index contributed by atoms with van der Waals surface area (Å²) in [4.78, 5) is 7.24. The lowest BCUT2D eigenvalue weighted by Gasteiger charge is -2.34. The first-order chi connectivity index (χ1) is 9.28. The highest BCUT2D eigenvalue weighted by Gasteiger charge is 2.24. The van der Waals surface area contributed by atoms with Crippen LogP contribution < -0.4 is 4.74 Å². The highest BCUT2D eigenvalue weighted by atomic mass is 16.5. The second-order valence-electron chi connectivity index (χ2n) is 5.39. The summed E-state index contributed by atoms with van der Waals surface area (Å²) in [7, 11) is 1.69. The van der Waals surface area contributed by atoms with E-state index in [-0.39, 0.29) is 0 Å². The average Bonchev–Trinajstić information content (AvgIpc) is 2.46. The molecule has 0 fully saturated rings. The highest BCUT2D eigenvalue weighted by Crippen LogP contribution is 2.25. The number of nitrogens with zero attached hydrogens (tertiary/aromatic N) is 2. The van der Waals surface area contributed by atoms with Gasteiger partial charge in [0.25, 0.3) is 0 Å². The monoisotopic (exact) mass is 262 g/mol. The smallest absolute Gasteiger partial charge is 0.213 e. The van der Waals surface area contributed by atoms with Crippen molar-refractivity contribution in [2.45, 2.75) is 52.0 Å². The van der Waals surface area contributed by atoms with Crippen LogP contribution in [0.1, 0.15) is 44.4 Å². The molecule has 0 saturated heterocycles. The molecule has 3 heteroatoms. The first kappa shape index (κ1) is 14.3.